The van der Waals surface area contributed by atoms with Crippen molar-refractivity contribution in [2.24, 2.45) is 0 Å². The lowest BCUT2D eigenvalue weighted by molar-refractivity contribution is -0.141. The first-order chi connectivity index (χ1) is 10.0. The minimum Gasteiger partial charge on any atom is -0.496 e. The molecule has 0 radical (unpaired) electrons. The minimum absolute atomic E-state index is 0.0544. The first-order valence-electron chi connectivity index (χ1n) is 7.48. The zero-order valence-electron chi connectivity index (χ0n) is 13.7. The summed E-state index contributed by atoms with van der Waals surface area (Å²) in [5.74, 6) is 1.14. The van der Waals surface area contributed by atoms with E-state index in [0.717, 1.165) is 24.3 Å². The maximum atomic E-state index is 11.5. The van der Waals surface area contributed by atoms with Crippen molar-refractivity contribution in [3.63, 3.8) is 0 Å². The Hall–Kier alpha value is -1.55. The third-order valence-corrected chi connectivity index (χ3v) is 3.57. The van der Waals surface area contributed by atoms with Gasteiger partial charge in [-0.15, -0.1) is 0 Å². The van der Waals surface area contributed by atoms with Crippen LogP contribution in [0.4, 0.5) is 0 Å². The molecule has 0 heterocycles. The number of carbonyl (C=O) groups excluding carboxylic acids is 1. The van der Waals surface area contributed by atoms with Gasteiger partial charge in [-0.25, -0.2) is 0 Å². The molecule has 0 saturated carbocycles. The number of rotatable bonds is 8. The van der Waals surface area contributed by atoms with Crippen LogP contribution in [0.5, 0.6) is 5.75 Å². The molecule has 0 aliphatic carbocycles. The Bertz CT molecular complexity index is 457. The van der Waals surface area contributed by atoms with Crippen LogP contribution in [0, 0.1) is 0 Å². The van der Waals surface area contributed by atoms with Crippen LogP contribution in [-0.2, 0) is 16.0 Å². The summed E-state index contributed by atoms with van der Waals surface area (Å²) >= 11 is 0. The van der Waals surface area contributed by atoms with Crippen molar-refractivity contribution in [2.75, 3.05) is 20.8 Å². The van der Waals surface area contributed by atoms with E-state index in [9.17, 15) is 4.79 Å². The summed E-state index contributed by atoms with van der Waals surface area (Å²) in [7, 11) is 3.10. The first kappa shape index (κ1) is 17.5. The number of hydrogen-bond donors (Lipinski definition) is 1. The normalized spacial score (nSPS) is 12.3. The van der Waals surface area contributed by atoms with Gasteiger partial charge in [-0.05, 0) is 36.1 Å². The fourth-order valence-electron chi connectivity index (χ4n) is 2.37. The Kier molecular flexibility index (Phi) is 7.23. The van der Waals surface area contributed by atoms with Gasteiger partial charge in [-0.1, -0.05) is 32.9 Å². The van der Waals surface area contributed by atoms with Crippen molar-refractivity contribution < 1.29 is 14.3 Å². The molecule has 1 unspecified atom stereocenters. The molecule has 0 bridgehead atoms. The van der Waals surface area contributed by atoms with Gasteiger partial charge in [0.15, 0.2) is 0 Å². The molecule has 1 aromatic carbocycles. The van der Waals surface area contributed by atoms with E-state index in [-0.39, 0.29) is 12.0 Å². The topological polar surface area (TPSA) is 47.6 Å². The van der Waals surface area contributed by atoms with Crippen molar-refractivity contribution in [1.82, 2.24) is 5.32 Å². The van der Waals surface area contributed by atoms with Gasteiger partial charge >= 0.3 is 5.97 Å². The van der Waals surface area contributed by atoms with E-state index in [0.29, 0.717) is 12.3 Å². The average molecular weight is 293 g/mol. The molecule has 0 aliphatic rings. The number of ether oxygens (including phenoxy) is 2. The van der Waals surface area contributed by atoms with Crippen LogP contribution in [0.1, 0.15) is 44.2 Å². The average Bonchev–Trinajstić information content (AvgIpc) is 2.47. The lowest BCUT2D eigenvalue weighted by Crippen LogP contribution is -2.33. The molecular weight excluding hydrogens is 266 g/mol. The molecule has 0 aliphatic heterocycles. The molecule has 118 valence electrons. The summed E-state index contributed by atoms with van der Waals surface area (Å²) in [6, 6.07) is 6.32. The Labute approximate surface area is 127 Å². The number of methoxy groups -OCH3 is 2. The van der Waals surface area contributed by atoms with Crippen LogP contribution in [0.2, 0.25) is 0 Å². The summed E-state index contributed by atoms with van der Waals surface area (Å²) in [6.45, 7) is 7.18. The molecule has 1 rings (SSSR count). The summed E-state index contributed by atoms with van der Waals surface area (Å²) < 4.78 is 10.2. The molecule has 1 atom stereocenters. The summed E-state index contributed by atoms with van der Waals surface area (Å²) in [4.78, 5) is 11.5. The zero-order chi connectivity index (χ0) is 15.8. The number of esters is 1. The Morgan fingerprint density at radius 2 is 2.00 bits per heavy atom. The Morgan fingerprint density at radius 3 is 2.52 bits per heavy atom. The van der Waals surface area contributed by atoms with Crippen LogP contribution in [0.25, 0.3) is 0 Å². The first-order valence-corrected chi connectivity index (χ1v) is 7.48. The highest BCUT2D eigenvalue weighted by Gasteiger charge is 2.17. The van der Waals surface area contributed by atoms with Gasteiger partial charge in [0.1, 0.15) is 5.75 Å². The fourth-order valence-corrected chi connectivity index (χ4v) is 2.37. The number of nitrogens with one attached hydrogen (secondary N) is 1. The van der Waals surface area contributed by atoms with Gasteiger partial charge in [0.25, 0.3) is 0 Å². The smallest absolute Gasteiger partial charge is 0.307 e. The van der Waals surface area contributed by atoms with Crippen LogP contribution in [0.15, 0.2) is 18.2 Å². The van der Waals surface area contributed by atoms with E-state index in [1.54, 1.807) is 7.11 Å². The van der Waals surface area contributed by atoms with E-state index in [1.807, 2.05) is 13.0 Å². The van der Waals surface area contributed by atoms with Gasteiger partial charge in [0.05, 0.1) is 20.6 Å². The molecule has 1 N–H and O–H groups in total. The zero-order valence-corrected chi connectivity index (χ0v) is 13.7. The largest absolute Gasteiger partial charge is 0.496 e. The number of benzene rings is 1. The van der Waals surface area contributed by atoms with Gasteiger partial charge in [-0.2, -0.15) is 0 Å². The van der Waals surface area contributed by atoms with Gasteiger partial charge in [0, 0.05) is 6.04 Å². The van der Waals surface area contributed by atoms with Gasteiger partial charge in [0.2, 0.25) is 0 Å². The fraction of sp³-hybridized carbons (Fsp3) is 0.588. The molecule has 0 saturated heterocycles. The number of likely N-dealkylation sites (N-methyl/N-ethyl adjacent to an activating group) is 1. The Morgan fingerprint density at radius 1 is 1.29 bits per heavy atom. The summed E-state index contributed by atoms with van der Waals surface area (Å²) in [6.07, 6.45) is 1.10. The second-order valence-corrected chi connectivity index (χ2v) is 5.46. The molecule has 0 spiro atoms. The SMILES string of the molecule is CCNC(CC(=O)OC)Cc1cc(C(C)C)ccc1OC. The predicted octanol–water partition coefficient (Wildman–Crippen LogP) is 2.90. The third kappa shape index (κ3) is 5.38. The van der Waals surface area contributed by atoms with Crippen molar-refractivity contribution in [1.29, 1.82) is 0 Å². The third-order valence-electron chi connectivity index (χ3n) is 3.57. The maximum Gasteiger partial charge on any atom is 0.307 e. The molecule has 21 heavy (non-hydrogen) atoms. The number of carbonyl (C=O) groups is 1. The van der Waals surface area contributed by atoms with Gasteiger partial charge in [-0.3, -0.25) is 4.79 Å². The standard InChI is InChI=1S/C17H27NO3/c1-6-18-15(11-17(19)21-5)10-14-9-13(12(2)3)7-8-16(14)20-4/h7-9,12,15,18H,6,10-11H2,1-5H3. The van der Waals surface area contributed by atoms with E-state index in [4.69, 9.17) is 9.47 Å². The Balaban J connectivity index is 2.94. The van der Waals surface area contributed by atoms with Crippen molar-refractivity contribution >= 4 is 5.97 Å². The highest BCUT2D eigenvalue weighted by atomic mass is 16.5. The molecule has 0 amide bonds. The monoisotopic (exact) mass is 293 g/mol. The maximum absolute atomic E-state index is 11.5. The van der Waals surface area contributed by atoms with Crippen molar-refractivity contribution in [3.8, 4) is 5.75 Å². The summed E-state index contributed by atoms with van der Waals surface area (Å²) in [5.41, 5.74) is 2.40. The quantitative estimate of drug-likeness (QED) is 0.749. The lowest BCUT2D eigenvalue weighted by Gasteiger charge is -2.19. The van der Waals surface area contributed by atoms with E-state index in [2.05, 4.69) is 31.3 Å². The highest BCUT2D eigenvalue weighted by molar-refractivity contribution is 5.70. The van der Waals surface area contributed by atoms with Crippen LogP contribution < -0.4 is 10.1 Å². The van der Waals surface area contributed by atoms with Crippen LogP contribution in [0.3, 0.4) is 0 Å². The summed E-state index contributed by atoms with van der Waals surface area (Å²) in [5, 5.41) is 3.34. The van der Waals surface area contributed by atoms with Crippen LogP contribution in [-0.4, -0.2) is 32.8 Å². The van der Waals surface area contributed by atoms with Crippen molar-refractivity contribution in [2.45, 2.75) is 45.6 Å². The van der Waals surface area contributed by atoms with Gasteiger partial charge < -0.3 is 14.8 Å². The second kappa shape index (κ2) is 8.67. The molecule has 4 heteroatoms. The molecular formula is C17H27NO3. The van der Waals surface area contributed by atoms with Crippen LogP contribution >= 0.6 is 0 Å². The minimum atomic E-state index is -0.195. The molecule has 0 aromatic heterocycles. The molecule has 1 aromatic rings. The van der Waals surface area contributed by atoms with E-state index >= 15 is 0 Å². The lowest BCUT2D eigenvalue weighted by atomic mass is 9.96. The number of hydrogen-bond acceptors (Lipinski definition) is 4. The van der Waals surface area contributed by atoms with E-state index in [1.165, 1.54) is 12.7 Å². The highest BCUT2D eigenvalue weighted by Crippen LogP contribution is 2.25. The predicted molar refractivity (Wildman–Crippen MR) is 84.9 cm³/mol. The van der Waals surface area contributed by atoms with Crippen molar-refractivity contribution in [3.05, 3.63) is 29.3 Å². The van der Waals surface area contributed by atoms with E-state index < -0.39 is 0 Å². The molecule has 4 nitrogen and oxygen atoms in total. The second-order valence-electron chi connectivity index (χ2n) is 5.46. The molecule has 0 fully saturated rings.